The molecule has 31 heavy (non-hydrogen) atoms. The molecule has 160 valence electrons. The molecule has 0 saturated heterocycles. The molecule has 0 aliphatic carbocycles. The summed E-state index contributed by atoms with van der Waals surface area (Å²) in [4.78, 5) is 31.3. The minimum absolute atomic E-state index is 0.0651. The minimum atomic E-state index is -0.138. The summed E-state index contributed by atoms with van der Waals surface area (Å²) in [6, 6.07) is 12.0. The highest BCUT2D eigenvalue weighted by Gasteiger charge is 2.23. The summed E-state index contributed by atoms with van der Waals surface area (Å²) in [5, 5.41) is 1.05. The number of rotatable bonds is 7. The fourth-order valence-electron chi connectivity index (χ4n) is 3.23. The van der Waals surface area contributed by atoms with Crippen molar-refractivity contribution >= 4 is 40.9 Å². The van der Waals surface area contributed by atoms with Gasteiger partial charge in [-0.15, -0.1) is 11.8 Å². The lowest BCUT2D eigenvalue weighted by molar-refractivity contribution is 0.102. The van der Waals surface area contributed by atoms with E-state index >= 15 is 0 Å². The first-order valence-corrected chi connectivity index (χ1v) is 11.8. The molecular weight excluding hydrogens is 456 g/mol. The molecule has 1 aliphatic heterocycles. The standard InChI is InChI=1S/C22H19ClN2O4S2/c1-28-18-8-7-15(11-19(18)29-2)25-21(27)20-16(9-10-30-20)24-22(25)31-12-17(26)13-3-5-14(23)6-4-13/h3-8,11H,9-10,12H2,1-2H3. The summed E-state index contributed by atoms with van der Waals surface area (Å²) >= 11 is 8.66. The van der Waals surface area contributed by atoms with Gasteiger partial charge in [0.1, 0.15) is 0 Å². The average Bonchev–Trinajstić information content (AvgIpc) is 3.26. The fraction of sp³-hybridized carbons (Fsp3) is 0.227. The molecule has 2 heterocycles. The zero-order chi connectivity index (χ0) is 22.0. The van der Waals surface area contributed by atoms with Crippen LogP contribution in [-0.2, 0) is 6.42 Å². The van der Waals surface area contributed by atoms with Gasteiger partial charge in [0.25, 0.3) is 5.56 Å². The van der Waals surface area contributed by atoms with Crippen molar-refractivity contribution in [3.8, 4) is 17.2 Å². The maximum atomic E-state index is 13.3. The number of ether oxygens (including phenoxy) is 2. The van der Waals surface area contributed by atoms with E-state index < -0.39 is 0 Å². The van der Waals surface area contributed by atoms with Gasteiger partial charge in [-0.1, -0.05) is 23.4 Å². The van der Waals surface area contributed by atoms with Crippen LogP contribution in [0.1, 0.15) is 16.1 Å². The number of hydrogen-bond donors (Lipinski definition) is 0. The third-order valence-electron chi connectivity index (χ3n) is 4.79. The maximum absolute atomic E-state index is 13.3. The predicted molar refractivity (Wildman–Crippen MR) is 124 cm³/mol. The fourth-order valence-corrected chi connectivity index (χ4v) is 5.30. The van der Waals surface area contributed by atoms with Gasteiger partial charge in [-0.3, -0.25) is 14.2 Å². The summed E-state index contributed by atoms with van der Waals surface area (Å²) in [5.74, 6) is 1.97. The first-order chi connectivity index (χ1) is 15.0. The lowest BCUT2D eigenvalue weighted by Crippen LogP contribution is -2.24. The molecule has 4 rings (SSSR count). The number of ketones is 1. The topological polar surface area (TPSA) is 70.4 Å². The molecule has 2 aromatic carbocycles. The van der Waals surface area contributed by atoms with E-state index in [-0.39, 0.29) is 17.1 Å². The first kappa shape index (κ1) is 21.8. The van der Waals surface area contributed by atoms with Crippen LogP contribution in [0.2, 0.25) is 5.02 Å². The second-order valence-corrected chi connectivity index (χ2v) is 9.15. The van der Waals surface area contributed by atoms with Gasteiger partial charge in [0.15, 0.2) is 22.4 Å². The van der Waals surface area contributed by atoms with Crippen molar-refractivity contribution in [1.82, 2.24) is 9.55 Å². The van der Waals surface area contributed by atoms with Crippen LogP contribution in [0.25, 0.3) is 5.69 Å². The molecule has 0 spiro atoms. The number of thioether (sulfide) groups is 2. The van der Waals surface area contributed by atoms with Crippen molar-refractivity contribution in [2.24, 2.45) is 0 Å². The summed E-state index contributed by atoms with van der Waals surface area (Å²) < 4.78 is 12.2. The number of fused-ring (bicyclic) bond motifs is 1. The van der Waals surface area contributed by atoms with Crippen molar-refractivity contribution in [3.05, 3.63) is 69.1 Å². The molecule has 0 saturated carbocycles. The van der Waals surface area contributed by atoms with Crippen molar-refractivity contribution in [2.75, 3.05) is 25.7 Å². The molecule has 0 atom stereocenters. The number of carbonyl (C=O) groups is 1. The monoisotopic (exact) mass is 474 g/mol. The molecule has 3 aromatic rings. The van der Waals surface area contributed by atoms with Gasteiger partial charge in [-0.25, -0.2) is 4.98 Å². The lowest BCUT2D eigenvalue weighted by atomic mass is 10.1. The van der Waals surface area contributed by atoms with Crippen molar-refractivity contribution < 1.29 is 14.3 Å². The van der Waals surface area contributed by atoms with E-state index in [2.05, 4.69) is 0 Å². The molecular formula is C22H19ClN2O4S2. The van der Waals surface area contributed by atoms with E-state index in [9.17, 15) is 9.59 Å². The van der Waals surface area contributed by atoms with Gasteiger partial charge in [-0.2, -0.15) is 0 Å². The van der Waals surface area contributed by atoms with Gasteiger partial charge in [0.2, 0.25) is 0 Å². The first-order valence-electron chi connectivity index (χ1n) is 9.44. The lowest BCUT2D eigenvalue weighted by Gasteiger charge is -2.15. The highest BCUT2D eigenvalue weighted by molar-refractivity contribution is 8.00. The van der Waals surface area contributed by atoms with Crippen molar-refractivity contribution in [2.45, 2.75) is 16.5 Å². The summed E-state index contributed by atoms with van der Waals surface area (Å²) in [7, 11) is 3.10. The number of halogens is 1. The Labute approximate surface area is 192 Å². The molecule has 0 fully saturated rings. The molecule has 1 aliphatic rings. The van der Waals surface area contributed by atoms with Crippen LogP contribution in [0.15, 0.2) is 57.3 Å². The zero-order valence-electron chi connectivity index (χ0n) is 16.9. The van der Waals surface area contributed by atoms with E-state index in [4.69, 9.17) is 26.1 Å². The molecule has 0 N–H and O–H groups in total. The Morgan fingerprint density at radius 1 is 1.16 bits per heavy atom. The van der Waals surface area contributed by atoms with E-state index in [1.165, 1.54) is 23.5 Å². The van der Waals surface area contributed by atoms with Gasteiger partial charge < -0.3 is 9.47 Å². The number of carbonyl (C=O) groups excluding carboxylic acids is 1. The van der Waals surface area contributed by atoms with Gasteiger partial charge >= 0.3 is 0 Å². The number of hydrogen-bond acceptors (Lipinski definition) is 7. The van der Waals surface area contributed by atoms with Crippen molar-refractivity contribution in [3.63, 3.8) is 0 Å². The Bertz CT molecular complexity index is 1200. The Balaban J connectivity index is 1.72. The van der Waals surface area contributed by atoms with E-state index in [0.29, 0.717) is 37.8 Å². The Morgan fingerprint density at radius 2 is 1.90 bits per heavy atom. The number of aryl methyl sites for hydroxylation is 1. The quantitative estimate of drug-likeness (QED) is 0.283. The van der Waals surface area contributed by atoms with Crippen LogP contribution in [0.4, 0.5) is 0 Å². The molecule has 0 unspecified atom stereocenters. The second-order valence-electron chi connectivity index (χ2n) is 6.67. The third-order valence-corrected chi connectivity index (χ3v) is 7.09. The Morgan fingerprint density at radius 3 is 2.61 bits per heavy atom. The predicted octanol–water partition coefficient (Wildman–Crippen LogP) is 4.53. The molecule has 0 bridgehead atoms. The van der Waals surface area contributed by atoms with Gasteiger partial charge in [0, 0.05) is 28.8 Å². The molecule has 0 radical (unpaired) electrons. The summed E-state index contributed by atoms with van der Waals surface area (Å²) in [5.41, 5.74) is 1.81. The van der Waals surface area contributed by atoms with E-state index in [0.717, 1.165) is 17.9 Å². The highest BCUT2D eigenvalue weighted by atomic mass is 35.5. The zero-order valence-corrected chi connectivity index (χ0v) is 19.3. The number of aromatic nitrogens is 2. The van der Waals surface area contributed by atoms with Crippen LogP contribution in [0, 0.1) is 0 Å². The Kier molecular flexibility index (Phi) is 6.60. The van der Waals surface area contributed by atoms with Crippen LogP contribution in [0.5, 0.6) is 11.5 Å². The van der Waals surface area contributed by atoms with Crippen LogP contribution in [-0.4, -0.2) is 41.1 Å². The minimum Gasteiger partial charge on any atom is -0.493 e. The average molecular weight is 475 g/mol. The smallest absolute Gasteiger partial charge is 0.272 e. The SMILES string of the molecule is COc1ccc(-n2c(SCC(=O)c3ccc(Cl)cc3)nc3c(c2=O)SCC3)cc1OC. The maximum Gasteiger partial charge on any atom is 0.272 e. The number of Topliss-reactive ketones (excluding diaryl/α,β-unsaturated/α-hetero) is 1. The molecule has 9 heteroatoms. The van der Waals surface area contributed by atoms with E-state index in [1.807, 2.05) is 0 Å². The second kappa shape index (κ2) is 9.38. The van der Waals surface area contributed by atoms with Gasteiger partial charge in [0.05, 0.1) is 36.2 Å². The largest absolute Gasteiger partial charge is 0.493 e. The number of nitrogens with zero attached hydrogens (tertiary/aromatic N) is 2. The summed E-state index contributed by atoms with van der Waals surface area (Å²) in [6.45, 7) is 0. The van der Waals surface area contributed by atoms with Crippen molar-refractivity contribution in [1.29, 1.82) is 0 Å². The van der Waals surface area contributed by atoms with Crippen LogP contribution in [0.3, 0.4) is 0 Å². The normalized spacial score (nSPS) is 12.5. The van der Waals surface area contributed by atoms with Crippen LogP contribution < -0.4 is 15.0 Å². The van der Waals surface area contributed by atoms with E-state index in [1.54, 1.807) is 61.3 Å². The number of methoxy groups -OCH3 is 2. The van der Waals surface area contributed by atoms with Gasteiger partial charge in [-0.05, 0) is 36.4 Å². The number of benzene rings is 2. The molecule has 1 aromatic heterocycles. The highest BCUT2D eigenvalue weighted by Crippen LogP contribution is 2.33. The van der Waals surface area contributed by atoms with Crippen LogP contribution >= 0.6 is 35.1 Å². The molecule has 0 amide bonds. The molecule has 6 nitrogen and oxygen atoms in total. The Hall–Kier alpha value is -2.42. The third kappa shape index (κ3) is 4.46. The summed E-state index contributed by atoms with van der Waals surface area (Å²) in [6.07, 6.45) is 0.737.